The molecule has 144 valence electrons. The van der Waals surface area contributed by atoms with Crippen LogP contribution in [0.4, 0.5) is 5.69 Å². The zero-order valence-corrected chi connectivity index (χ0v) is 16.7. The summed E-state index contributed by atoms with van der Waals surface area (Å²) in [5, 5.41) is 7.26. The van der Waals surface area contributed by atoms with Gasteiger partial charge in [0, 0.05) is 11.9 Å². The molecule has 0 radical (unpaired) electrons. The highest BCUT2D eigenvalue weighted by molar-refractivity contribution is 7.89. The Labute approximate surface area is 169 Å². The molecule has 2 rings (SSSR count). The summed E-state index contributed by atoms with van der Waals surface area (Å²) in [5.74, 6) is -1.63. The molecule has 1 aromatic carbocycles. The number of anilines is 1. The van der Waals surface area contributed by atoms with Gasteiger partial charge >= 0.3 is 5.97 Å². The van der Waals surface area contributed by atoms with E-state index in [2.05, 4.69) is 10.3 Å². The van der Waals surface area contributed by atoms with E-state index < -0.39 is 28.0 Å². The Bertz CT molecular complexity index is 997. The van der Waals surface area contributed by atoms with Gasteiger partial charge in [0.05, 0.1) is 20.0 Å². The number of rotatable bonds is 5. The van der Waals surface area contributed by atoms with E-state index in [1.807, 2.05) is 0 Å². The van der Waals surface area contributed by atoms with Crippen LogP contribution < -0.4 is 10.5 Å². The second-order valence-electron chi connectivity index (χ2n) is 5.19. The predicted molar refractivity (Wildman–Crippen MR) is 101 cm³/mol. The van der Waals surface area contributed by atoms with Crippen LogP contribution in [0.3, 0.4) is 0 Å². The number of pyridine rings is 1. The number of nitrogens with one attached hydrogen (secondary N) is 1. The molecule has 0 aliphatic heterocycles. The molecule has 0 fully saturated rings. The van der Waals surface area contributed by atoms with E-state index in [1.165, 1.54) is 31.2 Å². The zero-order chi connectivity index (χ0) is 20.4. The Morgan fingerprint density at radius 1 is 1.15 bits per heavy atom. The molecule has 1 atom stereocenters. The molecule has 2 aromatic rings. The van der Waals surface area contributed by atoms with Crippen molar-refractivity contribution >= 4 is 62.4 Å². The Morgan fingerprint density at radius 2 is 1.74 bits per heavy atom. The monoisotopic (exact) mass is 451 g/mol. The second kappa shape index (κ2) is 8.41. The number of primary sulfonamides is 1. The number of carbonyl (C=O) groups excluding carboxylic acids is 2. The third-order valence-electron chi connectivity index (χ3n) is 3.21. The maximum Gasteiger partial charge on any atom is 0.359 e. The summed E-state index contributed by atoms with van der Waals surface area (Å²) >= 11 is 17.5. The molecule has 1 unspecified atom stereocenters. The van der Waals surface area contributed by atoms with Crippen LogP contribution in [0.15, 0.2) is 35.4 Å². The molecule has 0 bridgehead atoms. The molecule has 0 aliphatic carbocycles. The average molecular weight is 453 g/mol. The highest BCUT2D eigenvalue weighted by Crippen LogP contribution is 2.31. The van der Waals surface area contributed by atoms with Crippen LogP contribution in [0.2, 0.25) is 15.1 Å². The molecule has 1 aromatic heterocycles. The number of sulfonamides is 1. The summed E-state index contributed by atoms with van der Waals surface area (Å²) < 4.78 is 27.4. The molecule has 0 spiro atoms. The molecule has 27 heavy (non-hydrogen) atoms. The number of hydrogen-bond donors (Lipinski definition) is 2. The van der Waals surface area contributed by atoms with Gasteiger partial charge in [-0.1, -0.05) is 34.8 Å². The molecule has 0 aliphatic rings. The Balaban J connectivity index is 2.05. The van der Waals surface area contributed by atoms with Gasteiger partial charge < -0.3 is 10.1 Å². The van der Waals surface area contributed by atoms with Crippen molar-refractivity contribution in [3.63, 3.8) is 0 Å². The molecule has 0 saturated carbocycles. The van der Waals surface area contributed by atoms with Gasteiger partial charge in [-0.15, -0.1) is 0 Å². The first kappa shape index (κ1) is 21.4. The van der Waals surface area contributed by atoms with Crippen LogP contribution in [-0.4, -0.2) is 31.4 Å². The van der Waals surface area contributed by atoms with Crippen molar-refractivity contribution < 1.29 is 22.7 Å². The third-order valence-corrected chi connectivity index (χ3v) is 5.38. The molecule has 3 N–H and O–H groups in total. The molecule has 12 heteroatoms. The Kier molecular flexibility index (Phi) is 6.66. The van der Waals surface area contributed by atoms with Gasteiger partial charge in [-0.2, -0.15) is 0 Å². The van der Waals surface area contributed by atoms with Crippen molar-refractivity contribution in [1.29, 1.82) is 0 Å². The number of ether oxygens (including phenoxy) is 1. The third kappa shape index (κ3) is 5.30. The van der Waals surface area contributed by atoms with E-state index >= 15 is 0 Å². The first-order chi connectivity index (χ1) is 12.5. The summed E-state index contributed by atoms with van der Waals surface area (Å²) in [6, 6.07) is 5.12. The van der Waals surface area contributed by atoms with Crippen molar-refractivity contribution in [1.82, 2.24) is 4.98 Å². The van der Waals surface area contributed by atoms with Gasteiger partial charge in [-0.3, -0.25) is 4.79 Å². The number of hydrogen-bond acceptors (Lipinski definition) is 6. The van der Waals surface area contributed by atoms with Crippen molar-refractivity contribution in [2.24, 2.45) is 5.14 Å². The predicted octanol–water partition coefficient (Wildman–Crippen LogP) is 2.87. The van der Waals surface area contributed by atoms with Gasteiger partial charge in [-0.05, 0) is 31.2 Å². The lowest BCUT2D eigenvalue weighted by Crippen LogP contribution is -2.30. The molecule has 0 saturated heterocycles. The maximum absolute atomic E-state index is 12.1. The number of benzene rings is 1. The smallest absolute Gasteiger partial charge is 0.359 e. The number of esters is 1. The van der Waals surface area contributed by atoms with E-state index in [0.717, 1.165) is 6.20 Å². The van der Waals surface area contributed by atoms with Crippen LogP contribution >= 0.6 is 34.8 Å². The van der Waals surface area contributed by atoms with Gasteiger partial charge in [0.2, 0.25) is 10.0 Å². The van der Waals surface area contributed by atoms with E-state index in [0.29, 0.717) is 0 Å². The fraction of sp³-hybridized carbons (Fsp3) is 0.133. The first-order valence-corrected chi connectivity index (χ1v) is 9.83. The van der Waals surface area contributed by atoms with E-state index in [1.54, 1.807) is 0 Å². The fourth-order valence-electron chi connectivity index (χ4n) is 1.83. The van der Waals surface area contributed by atoms with Crippen molar-refractivity contribution in [3.05, 3.63) is 51.2 Å². The summed E-state index contributed by atoms with van der Waals surface area (Å²) in [7, 11) is -3.84. The SMILES string of the molecule is CC(OC(=O)c1ncc(Cl)c(Cl)c1Cl)C(=O)Nc1ccc(S(N)(=O)=O)cc1. The van der Waals surface area contributed by atoms with Gasteiger partial charge in [-0.25, -0.2) is 23.3 Å². The Morgan fingerprint density at radius 3 is 2.30 bits per heavy atom. The summed E-state index contributed by atoms with van der Waals surface area (Å²) in [6.07, 6.45) is -0.0767. The summed E-state index contributed by atoms with van der Waals surface area (Å²) in [4.78, 5) is 27.9. The minimum atomic E-state index is -3.84. The fourth-order valence-corrected chi connectivity index (χ4v) is 2.90. The van der Waals surface area contributed by atoms with Gasteiger partial charge in [0.15, 0.2) is 11.8 Å². The molecule has 1 heterocycles. The first-order valence-electron chi connectivity index (χ1n) is 7.15. The van der Waals surface area contributed by atoms with Crippen molar-refractivity contribution in [3.8, 4) is 0 Å². The van der Waals surface area contributed by atoms with E-state index in [9.17, 15) is 18.0 Å². The quantitative estimate of drug-likeness (QED) is 0.671. The lowest BCUT2D eigenvalue weighted by Gasteiger charge is -2.14. The second-order valence-corrected chi connectivity index (χ2v) is 7.91. The largest absolute Gasteiger partial charge is 0.448 e. The number of amides is 1. The minimum Gasteiger partial charge on any atom is -0.448 e. The number of nitrogens with two attached hydrogens (primary N) is 1. The van der Waals surface area contributed by atoms with Gasteiger partial charge in [0.25, 0.3) is 5.91 Å². The lowest BCUT2D eigenvalue weighted by molar-refractivity contribution is -0.123. The summed E-state index contributed by atoms with van der Waals surface area (Å²) in [5.41, 5.74) is -0.00999. The average Bonchev–Trinajstić information content (AvgIpc) is 2.59. The molecular weight excluding hydrogens is 441 g/mol. The van der Waals surface area contributed by atoms with Crippen molar-refractivity contribution in [2.75, 3.05) is 5.32 Å². The lowest BCUT2D eigenvalue weighted by atomic mass is 10.3. The van der Waals surface area contributed by atoms with Crippen LogP contribution in [0.5, 0.6) is 0 Å². The van der Waals surface area contributed by atoms with Crippen molar-refractivity contribution in [2.45, 2.75) is 17.9 Å². The molecular formula is C15H12Cl3N3O5S. The normalized spacial score (nSPS) is 12.3. The number of carbonyl (C=O) groups is 2. The highest BCUT2D eigenvalue weighted by Gasteiger charge is 2.23. The van der Waals surface area contributed by atoms with Crippen LogP contribution in [0.1, 0.15) is 17.4 Å². The number of aromatic nitrogens is 1. The van der Waals surface area contributed by atoms with E-state index in [4.69, 9.17) is 44.7 Å². The minimum absolute atomic E-state index is 0.0620. The van der Waals surface area contributed by atoms with Crippen LogP contribution in [0, 0.1) is 0 Å². The summed E-state index contributed by atoms with van der Waals surface area (Å²) in [6.45, 7) is 1.33. The molecule has 8 nitrogen and oxygen atoms in total. The van der Waals surface area contributed by atoms with Gasteiger partial charge in [0.1, 0.15) is 0 Å². The molecule has 1 amide bonds. The van der Waals surface area contributed by atoms with E-state index in [-0.39, 0.29) is 31.3 Å². The van der Waals surface area contributed by atoms with Crippen LogP contribution in [0.25, 0.3) is 0 Å². The standard InChI is InChI=1S/C15H12Cl3N3O5S/c1-7(26-15(23)13-12(18)11(17)10(16)6-20-13)14(22)21-8-2-4-9(5-3-8)27(19,24)25/h2-7H,1H3,(H,21,22)(H2,19,24,25). The zero-order valence-electron chi connectivity index (χ0n) is 13.6. The van der Waals surface area contributed by atoms with Crippen LogP contribution in [-0.2, 0) is 19.6 Å². The Hall–Kier alpha value is -1.91. The maximum atomic E-state index is 12.1. The topological polar surface area (TPSA) is 128 Å². The number of halogens is 3. The number of nitrogens with zero attached hydrogens (tertiary/aromatic N) is 1. The highest BCUT2D eigenvalue weighted by atomic mass is 35.5.